The van der Waals surface area contributed by atoms with Crippen molar-refractivity contribution in [2.75, 3.05) is 6.54 Å². The molecule has 0 fully saturated rings. The summed E-state index contributed by atoms with van der Waals surface area (Å²) in [4.78, 5) is 12.0. The van der Waals surface area contributed by atoms with Crippen molar-refractivity contribution in [3.8, 4) is 11.8 Å². The van der Waals surface area contributed by atoms with Gasteiger partial charge in [0, 0.05) is 12.2 Å². The second-order valence-corrected chi connectivity index (χ2v) is 5.31. The third-order valence-electron chi connectivity index (χ3n) is 3.52. The standard InChI is InChI=1S/C17H20N4O2/c1-12-15(11-20-21-12)4-3-9-19-17(22)13(2)23-16-7-5-14(10-18)6-8-16/h5-8,11,13H,3-4,9H2,1-2H3,(H,19,22)(H,20,21). The van der Waals surface area contributed by atoms with Crippen LogP contribution >= 0.6 is 0 Å². The Morgan fingerprint density at radius 1 is 1.43 bits per heavy atom. The van der Waals surface area contributed by atoms with Crippen molar-refractivity contribution < 1.29 is 9.53 Å². The van der Waals surface area contributed by atoms with Crippen LogP contribution in [-0.2, 0) is 11.2 Å². The molecule has 0 bridgehead atoms. The highest BCUT2D eigenvalue weighted by Crippen LogP contribution is 2.13. The van der Waals surface area contributed by atoms with Crippen LogP contribution in [0.5, 0.6) is 5.75 Å². The highest BCUT2D eigenvalue weighted by molar-refractivity contribution is 5.80. The number of nitriles is 1. The number of aromatic nitrogens is 2. The van der Waals surface area contributed by atoms with Crippen LogP contribution in [0, 0.1) is 18.3 Å². The van der Waals surface area contributed by atoms with Gasteiger partial charge in [-0.25, -0.2) is 0 Å². The molecule has 0 aliphatic rings. The molecule has 120 valence electrons. The normalized spacial score (nSPS) is 11.5. The molecule has 0 aliphatic heterocycles. The lowest BCUT2D eigenvalue weighted by Gasteiger charge is -2.14. The lowest BCUT2D eigenvalue weighted by molar-refractivity contribution is -0.127. The predicted octanol–water partition coefficient (Wildman–Crippen LogP) is 2.11. The van der Waals surface area contributed by atoms with E-state index in [4.69, 9.17) is 10.00 Å². The zero-order valence-corrected chi connectivity index (χ0v) is 13.3. The minimum absolute atomic E-state index is 0.154. The number of nitrogens with one attached hydrogen (secondary N) is 2. The van der Waals surface area contributed by atoms with Crippen LogP contribution in [0.2, 0.25) is 0 Å². The van der Waals surface area contributed by atoms with Gasteiger partial charge in [0.15, 0.2) is 6.10 Å². The average molecular weight is 312 g/mol. The molecule has 23 heavy (non-hydrogen) atoms. The molecule has 1 atom stereocenters. The first-order valence-corrected chi connectivity index (χ1v) is 7.53. The molecule has 0 saturated carbocycles. The van der Waals surface area contributed by atoms with Crippen molar-refractivity contribution in [3.63, 3.8) is 0 Å². The summed E-state index contributed by atoms with van der Waals surface area (Å²) in [6.45, 7) is 4.27. The Morgan fingerprint density at radius 3 is 2.78 bits per heavy atom. The number of carbonyl (C=O) groups is 1. The van der Waals surface area contributed by atoms with Gasteiger partial charge in [-0.1, -0.05) is 0 Å². The van der Waals surface area contributed by atoms with Crippen molar-refractivity contribution in [2.45, 2.75) is 32.8 Å². The van der Waals surface area contributed by atoms with Crippen molar-refractivity contribution in [2.24, 2.45) is 0 Å². The third-order valence-corrected chi connectivity index (χ3v) is 3.52. The Kier molecular flexibility index (Phi) is 5.75. The van der Waals surface area contributed by atoms with Crippen LogP contribution in [0.1, 0.15) is 30.2 Å². The maximum absolute atomic E-state index is 12.0. The predicted molar refractivity (Wildman–Crippen MR) is 85.9 cm³/mol. The van der Waals surface area contributed by atoms with Gasteiger partial charge in [0.25, 0.3) is 5.91 Å². The van der Waals surface area contributed by atoms with Crippen LogP contribution in [0.15, 0.2) is 30.5 Å². The summed E-state index contributed by atoms with van der Waals surface area (Å²) in [5, 5.41) is 18.5. The highest BCUT2D eigenvalue weighted by Gasteiger charge is 2.14. The number of carbonyl (C=O) groups excluding carboxylic acids is 1. The van der Waals surface area contributed by atoms with E-state index < -0.39 is 6.10 Å². The molecule has 1 aromatic heterocycles. The Morgan fingerprint density at radius 2 is 2.17 bits per heavy atom. The average Bonchev–Trinajstić information content (AvgIpc) is 2.97. The molecule has 0 aliphatic carbocycles. The molecule has 0 spiro atoms. The lowest BCUT2D eigenvalue weighted by Crippen LogP contribution is -2.36. The van der Waals surface area contributed by atoms with E-state index in [0.717, 1.165) is 18.5 Å². The molecule has 2 aromatic rings. The molecule has 2 N–H and O–H groups in total. The van der Waals surface area contributed by atoms with Crippen LogP contribution in [0.25, 0.3) is 0 Å². The van der Waals surface area contributed by atoms with Crippen LogP contribution < -0.4 is 10.1 Å². The second kappa shape index (κ2) is 7.99. The number of aromatic amines is 1. The fraction of sp³-hybridized carbons (Fsp3) is 0.353. The lowest BCUT2D eigenvalue weighted by atomic mass is 10.1. The summed E-state index contributed by atoms with van der Waals surface area (Å²) in [6.07, 6.45) is 2.94. The highest BCUT2D eigenvalue weighted by atomic mass is 16.5. The Bertz CT molecular complexity index is 685. The number of H-pyrrole nitrogens is 1. The van der Waals surface area contributed by atoms with Gasteiger partial charge in [-0.05, 0) is 56.5 Å². The van der Waals surface area contributed by atoms with Crippen molar-refractivity contribution in [1.82, 2.24) is 15.5 Å². The fourth-order valence-corrected chi connectivity index (χ4v) is 2.13. The molecule has 1 aromatic carbocycles. The van der Waals surface area contributed by atoms with Gasteiger partial charge < -0.3 is 10.1 Å². The number of hydrogen-bond donors (Lipinski definition) is 2. The number of hydrogen-bond acceptors (Lipinski definition) is 4. The molecule has 0 radical (unpaired) electrons. The zero-order valence-electron chi connectivity index (χ0n) is 13.3. The van der Waals surface area contributed by atoms with Crippen LogP contribution in [0.4, 0.5) is 0 Å². The van der Waals surface area contributed by atoms with Gasteiger partial charge >= 0.3 is 0 Å². The summed E-state index contributed by atoms with van der Waals surface area (Å²) in [5.74, 6) is 0.416. The summed E-state index contributed by atoms with van der Waals surface area (Å²) < 4.78 is 5.56. The first-order valence-electron chi connectivity index (χ1n) is 7.53. The maximum Gasteiger partial charge on any atom is 0.260 e. The molecule has 2 rings (SSSR count). The molecular formula is C17H20N4O2. The smallest absolute Gasteiger partial charge is 0.260 e. The van der Waals surface area contributed by atoms with Gasteiger partial charge in [-0.15, -0.1) is 0 Å². The summed E-state index contributed by atoms with van der Waals surface area (Å²) in [5.41, 5.74) is 2.79. The molecular weight excluding hydrogens is 292 g/mol. The summed E-state index contributed by atoms with van der Waals surface area (Å²) in [7, 11) is 0. The molecule has 6 heteroatoms. The van der Waals surface area contributed by atoms with Gasteiger partial charge in [0.05, 0.1) is 17.8 Å². The van der Waals surface area contributed by atoms with E-state index in [9.17, 15) is 4.79 Å². The molecule has 1 heterocycles. The Labute approximate surface area is 135 Å². The fourth-order valence-electron chi connectivity index (χ4n) is 2.13. The number of ether oxygens (including phenoxy) is 1. The summed E-state index contributed by atoms with van der Waals surface area (Å²) in [6, 6.07) is 8.73. The quantitative estimate of drug-likeness (QED) is 0.766. The van der Waals surface area contributed by atoms with Crippen LogP contribution in [-0.4, -0.2) is 28.8 Å². The Hall–Kier alpha value is -2.81. The molecule has 1 unspecified atom stereocenters. The Balaban J connectivity index is 1.72. The van der Waals surface area contributed by atoms with E-state index in [1.807, 2.05) is 19.2 Å². The zero-order chi connectivity index (χ0) is 16.7. The minimum atomic E-state index is -0.585. The SMILES string of the molecule is Cc1[nH]ncc1CCCNC(=O)C(C)Oc1ccc(C#N)cc1. The largest absolute Gasteiger partial charge is 0.481 e. The number of nitrogens with zero attached hydrogens (tertiary/aromatic N) is 2. The summed E-state index contributed by atoms with van der Waals surface area (Å²) >= 11 is 0. The van der Waals surface area contributed by atoms with E-state index >= 15 is 0 Å². The third kappa shape index (κ3) is 4.85. The van der Waals surface area contributed by atoms with Crippen molar-refractivity contribution >= 4 is 5.91 Å². The van der Waals surface area contributed by atoms with E-state index in [2.05, 4.69) is 15.5 Å². The maximum atomic E-state index is 12.0. The minimum Gasteiger partial charge on any atom is -0.481 e. The number of amides is 1. The van der Waals surface area contributed by atoms with E-state index in [1.54, 1.807) is 31.2 Å². The monoisotopic (exact) mass is 312 g/mol. The number of aryl methyl sites for hydroxylation is 2. The van der Waals surface area contributed by atoms with E-state index in [1.165, 1.54) is 5.56 Å². The number of rotatable bonds is 7. The molecule has 6 nitrogen and oxygen atoms in total. The first kappa shape index (κ1) is 16.6. The van der Waals surface area contributed by atoms with Gasteiger partial charge in [0.2, 0.25) is 0 Å². The van der Waals surface area contributed by atoms with E-state index in [0.29, 0.717) is 17.9 Å². The van der Waals surface area contributed by atoms with Gasteiger partial charge in [-0.2, -0.15) is 10.4 Å². The second-order valence-electron chi connectivity index (χ2n) is 5.31. The first-order chi connectivity index (χ1) is 11.1. The van der Waals surface area contributed by atoms with Gasteiger partial charge in [0.1, 0.15) is 5.75 Å². The van der Waals surface area contributed by atoms with Crippen molar-refractivity contribution in [3.05, 3.63) is 47.3 Å². The van der Waals surface area contributed by atoms with Crippen LogP contribution in [0.3, 0.4) is 0 Å². The molecule has 1 amide bonds. The van der Waals surface area contributed by atoms with Crippen molar-refractivity contribution in [1.29, 1.82) is 5.26 Å². The van der Waals surface area contributed by atoms with E-state index in [-0.39, 0.29) is 5.91 Å². The van der Waals surface area contributed by atoms with Gasteiger partial charge in [-0.3, -0.25) is 9.89 Å². The molecule has 0 saturated heterocycles. The number of benzene rings is 1. The topological polar surface area (TPSA) is 90.8 Å².